The highest BCUT2D eigenvalue weighted by molar-refractivity contribution is 6.30. The van der Waals surface area contributed by atoms with Gasteiger partial charge in [0.25, 0.3) is 5.56 Å². The van der Waals surface area contributed by atoms with Crippen molar-refractivity contribution >= 4 is 29.1 Å². The number of nitrogens with zero attached hydrogens (tertiary/aromatic N) is 2. The fourth-order valence-electron chi connectivity index (χ4n) is 2.75. The van der Waals surface area contributed by atoms with E-state index in [-0.39, 0.29) is 23.5 Å². The summed E-state index contributed by atoms with van der Waals surface area (Å²) in [5.74, 6) is 0.234. The first-order valence-electron chi connectivity index (χ1n) is 7.93. The molecular weight excluding hydrogens is 330 g/mol. The van der Waals surface area contributed by atoms with Gasteiger partial charge in [-0.3, -0.25) is 9.36 Å². The van der Waals surface area contributed by atoms with Gasteiger partial charge in [0.2, 0.25) is 0 Å². The zero-order chi connectivity index (χ0) is 17.1. The van der Waals surface area contributed by atoms with Gasteiger partial charge in [-0.2, -0.15) is 0 Å². The van der Waals surface area contributed by atoms with Gasteiger partial charge in [0.05, 0.1) is 6.61 Å². The van der Waals surface area contributed by atoms with Gasteiger partial charge in [0.1, 0.15) is 5.82 Å². The van der Waals surface area contributed by atoms with Gasteiger partial charge >= 0.3 is 5.97 Å². The monoisotopic (exact) mass is 347 g/mol. The Morgan fingerprint density at radius 3 is 3.00 bits per heavy atom. The summed E-state index contributed by atoms with van der Waals surface area (Å²) >= 11 is 5.99. The van der Waals surface area contributed by atoms with Crippen LogP contribution >= 0.6 is 11.6 Å². The SMILES string of the molecule is CCOC(=O)c1c(Nc2cccc(Cl)c2)nc2n(c1=O)CCCC2. The average Bonchev–Trinajstić information content (AvgIpc) is 2.55. The molecule has 1 aromatic heterocycles. The van der Waals surface area contributed by atoms with Crippen LogP contribution in [0.25, 0.3) is 0 Å². The number of anilines is 2. The van der Waals surface area contributed by atoms with Crippen LogP contribution in [0, 0.1) is 0 Å². The summed E-state index contributed by atoms with van der Waals surface area (Å²) in [4.78, 5) is 29.6. The summed E-state index contributed by atoms with van der Waals surface area (Å²) in [5, 5.41) is 3.58. The number of carbonyl (C=O) groups excluding carboxylic acids is 1. The number of carbonyl (C=O) groups is 1. The third kappa shape index (κ3) is 3.28. The van der Waals surface area contributed by atoms with Gasteiger partial charge in [-0.25, -0.2) is 9.78 Å². The maximum Gasteiger partial charge on any atom is 0.347 e. The molecular formula is C17H18ClN3O3. The standard InChI is InChI=1S/C17H18ClN3O3/c1-2-24-17(23)14-15(19-12-7-5-6-11(18)10-12)20-13-8-3-4-9-21(13)16(14)22/h5-7,10,19H,2-4,8-9H2,1H3. The molecule has 7 heteroatoms. The minimum Gasteiger partial charge on any atom is -0.462 e. The Labute approximate surface area is 144 Å². The molecule has 0 fully saturated rings. The molecule has 24 heavy (non-hydrogen) atoms. The van der Waals surface area contributed by atoms with E-state index in [9.17, 15) is 9.59 Å². The predicted octanol–water partition coefficient (Wildman–Crippen LogP) is 3.15. The maximum absolute atomic E-state index is 12.8. The van der Waals surface area contributed by atoms with Crippen LogP contribution < -0.4 is 10.9 Å². The second-order valence-corrected chi connectivity index (χ2v) is 5.96. The Balaban J connectivity index is 2.10. The number of rotatable bonds is 4. The highest BCUT2D eigenvalue weighted by atomic mass is 35.5. The largest absolute Gasteiger partial charge is 0.462 e. The van der Waals surface area contributed by atoms with Crippen molar-refractivity contribution in [3.05, 3.63) is 51.0 Å². The number of hydrogen-bond donors (Lipinski definition) is 1. The normalized spacial score (nSPS) is 13.2. The minimum absolute atomic E-state index is 0.0672. The van der Waals surface area contributed by atoms with E-state index >= 15 is 0 Å². The van der Waals surface area contributed by atoms with Crippen LogP contribution in [0.1, 0.15) is 35.9 Å². The summed E-state index contributed by atoms with van der Waals surface area (Å²) in [6, 6.07) is 7.02. The van der Waals surface area contributed by atoms with Crippen LogP contribution in [0.4, 0.5) is 11.5 Å². The number of esters is 1. The Morgan fingerprint density at radius 2 is 2.25 bits per heavy atom. The summed E-state index contributed by atoms with van der Waals surface area (Å²) in [7, 11) is 0. The van der Waals surface area contributed by atoms with Crippen molar-refractivity contribution in [2.45, 2.75) is 32.7 Å². The number of halogens is 1. The Kier molecular flexibility index (Phi) is 4.85. The molecule has 6 nitrogen and oxygen atoms in total. The quantitative estimate of drug-likeness (QED) is 0.860. The molecule has 0 unspecified atom stereocenters. The molecule has 1 N–H and O–H groups in total. The molecule has 0 spiro atoms. The highest BCUT2D eigenvalue weighted by Crippen LogP contribution is 2.22. The van der Waals surface area contributed by atoms with Crippen molar-refractivity contribution in [3.63, 3.8) is 0 Å². The number of ether oxygens (including phenoxy) is 1. The van der Waals surface area contributed by atoms with E-state index in [1.807, 2.05) is 0 Å². The molecule has 0 bridgehead atoms. The first-order valence-corrected chi connectivity index (χ1v) is 8.31. The molecule has 1 aliphatic rings. The first-order chi connectivity index (χ1) is 11.6. The molecule has 0 amide bonds. The van der Waals surface area contributed by atoms with E-state index in [4.69, 9.17) is 16.3 Å². The number of fused-ring (bicyclic) bond motifs is 1. The smallest absolute Gasteiger partial charge is 0.347 e. The number of aromatic nitrogens is 2. The lowest BCUT2D eigenvalue weighted by molar-refractivity contribution is 0.0524. The molecule has 2 aromatic rings. The number of aryl methyl sites for hydroxylation is 1. The van der Waals surface area contributed by atoms with Crippen LogP contribution in [-0.4, -0.2) is 22.1 Å². The molecule has 0 radical (unpaired) electrons. The molecule has 1 aromatic carbocycles. The Hall–Kier alpha value is -2.34. The summed E-state index contributed by atoms with van der Waals surface area (Å²) < 4.78 is 6.61. The predicted molar refractivity (Wildman–Crippen MR) is 92.1 cm³/mol. The lowest BCUT2D eigenvalue weighted by Crippen LogP contribution is -2.34. The second-order valence-electron chi connectivity index (χ2n) is 5.52. The average molecular weight is 348 g/mol. The molecule has 3 rings (SSSR count). The fraction of sp³-hybridized carbons (Fsp3) is 0.353. The third-order valence-electron chi connectivity index (χ3n) is 3.85. The number of nitrogens with one attached hydrogen (secondary N) is 1. The van der Waals surface area contributed by atoms with E-state index in [1.165, 1.54) is 0 Å². The van der Waals surface area contributed by atoms with Gasteiger partial charge in [-0.05, 0) is 38.0 Å². The number of benzene rings is 1. The minimum atomic E-state index is -0.666. The van der Waals surface area contributed by atoms with Gasteiger partial charge in [-0.15, -0.1) is 0 Å². The van der Waals surface area contributed by atoms with E-state index < -0.39 is 5.97 Å². The van der Waals surface area contributed by atoms with Crippen LogP contribution in [0.3, 0.4) is 0 Å². The van der Waals surface area contributed by atoms with E-state index in [2.05, 4.69) is 10.3 Å². The summed E-state index contributed by atoms with van der Waals surface area (Å²) in [5.41, 5.74) is 0.228. The van der Waals surface area contributed by atoms with Crippen molar-refractivity contribution < 1.29 is 9.53 Å². The van der Waals surface area contributed by atoms with Crippen LogP contribution in [0.2, 0.25) is 5.02 Å². The molecule has 2 heterocycles. The molecule has 0 saturated heterocycles. The highest BCUT2D eigenvalue weighted by Gasteiger charge is 2.25. The first kappa shape index (κ1) is 16.5. The van der Waals surface area contributed by atoms with E-state index in [0.717, 1.165) is 12.8 Å². The van der Waals surface area contributed by atoms with Crippen LogP contribution in [0.15, 0.2) is 29.1 Å². The Morgan fingerprint density at radius 1 is 1.42 bits per heavy atom. The van der Waals surface area contributed by atoms with Gasteiger partial charge in [0, 0.05) is 23.7 Å². The van der Waals surface area contributed by atoms with Crippen LogP contribution in [-0.2, 0) is 17.7 Å². The summed E-state index contributed by atoms with van der Waals surface area (Å²) in [6.07, 6.45) is 2.59. The molecule has 1 aliphatic heterocycles. The molecule has 126 valence electrons. The molecule has 0 saturated carbocycles. The van der Waals surface area contributed by atoms with Gasteiger partial charge in [0.15, 0.2) is 11.4 Å². The topological polar surface area (TPSA) is 73.2 Å². The molecule has 0 atom stereocenters. The van der Waals surface area contributed by atoms with Crippen LogP contribution in [0.5, 0.6) is 0 Å². The zero-order valence-corrected chi connectivity index (χ0v) is 14.1. The lowest BCUT2D eigenvalue weighted by atomic mass is 10.1. The van der Waals surface area contributed by atoms with Crippen molar-refractivity contribution in [2.24, 2.45) is 0 Å². The maximum atomic E-state index is 12.8. The molecule has 0 aliphatic carbocycles. The zero-order valence-electron chi connectivity index (χ0n) is 13.3. The second kappa shape index (κ2) is 7.05. The lowest BCUT2D eigenvalue weighted by Gasteiger charge is -2.20. The van der Waals surface area contributed by atoms with Crippen molar-refractivity contribution in [1.82, 2.24) is 9.55 Å². The van der Waals surface area contributed by atoms with Crippen molar-refractivity contribution in [2.75, 3.05) is 11.9 Å². The van der Waals surface area contributed by atoms with E-state index in [1.54, 1.807) is 35.8 Å². The fourth-order valence-corrected chi connectivity index (χ4v) is 2.94. The third-order valence-corrected chi connectivity index (χ3v) is 4.08. The Bertz CT molecular complexity index is 832. The van der Waals surface area contributed by atoms with Gasteiger partial charge < -0.3 is 10.1 Å². The van der Waals surface area contributed by atoms with Gasteiger partial charge in [-0.1, -0.05) is 17.7 Å². The van der Waals surface area contributed by atoms with Crippen molar-refractivity contribution in [1.29, 1.82) is 0 Å². The van der Waals surface area contributed by atoms with Crippen molar-refractivity contribution in [3.8, 4) is 0 Å². The summed E-state index contributed by atoms with van der Waals surface area (Å²) in [6.45, 7) is 2.47. The number of hydrogen-bond acceptors (Lipinski definition) is 5. The van der Waals surface area contributed by atoms with E-state index in [0.29, 0.717) is 29.5 Å².